The molecule has 5 nitrogen and oxygen atoms in total. The minimum Gasteiger partial charge on any atom is -0.478 e. The summed E-state index contributed by atoms with van der Waals surface area (Å²) in [5.41, 5.74) is 2.05. The lowest BCUT2D eigenvalue weighted by Crippen LogP contribution is -2.14. The molecule has 0 aliphatic rings. The van der Waals surface area contributed by atoms with Crippen LogP contribution in [0.15, 0.2) is 54.0 Å². The van der Waals surface area contributed by atoms with Crippen LogP contribution >= 0.6 is 22.9 Å². The molecule has 3 rings (SSSR count). The number of hydrogen-bond acceptors (Lipinski definition) is 4. The number of nitrogens with one attached hydrogen (secondary N) is 1. The molecule has 2 heterocycles. The van der Waals surface area contributed by atoms with Gasteiger partial charge in [0.2, 0.25) is 5.91 Å². The van der Waals surface area contributed by atoms with Crippen molar-refractivity contribution in [3.8, 4) is 10.4 Å². The van der Waals surface area contributed by atoms with Crippen LogP contribution in [0.1, 0.15) is 22.3 Å². The molecule has 0 saturated heterocycles. The molecule has 0 spiro atoms. The van der Waals surface area contributed by atoms with Crippen LogP contribution < -0.4 is 5.32 Å². The number of carboxylic acids is 1. The van der Waals surface area contributed by atoms with Crippen molar-refractivity contribution in [1.82, 2.24) is 4.98 Å². The predicted molar refractivity (Wildman–Crippen MR) is 103 cm³/mol. The fourth-order valence-electron chi connectivity index (χ4n) is 2.50. The van der Waals surface area contributed by atoms with Crippen LogP contribution in [0.4, 0.5) is 5.69 Å². The van der Waals surface area contributed by atoms with Crippen LogP contribution in [0, 0.1) is 0 Å². The number of nitrogens with zero attached hydrogens (tertiary/aromatic N) is 1. The van der Waals surface area contributed by atoms with Gasteiger partial charge in [-0.05, 0) is 24.1 Å². The van der Waals surface area contributed by atoms with E-state index in [1.807, 2.05) is 30.3 Å². The molecule has 0 saturated carbocycles. The first-order chi connectivity index (χ1) is 12.5. The van der Waals surface area contributed by atoms with Crippen molar-refractivity contribution >= 4 is 40.5 Å². The van der Waals surface area contributed by atoms with E-state index in [0.29, 0.717) is 27.7 Å². The molecular formula is C19H15ClN2O3S. The van der Waals surface area contributed by atoms with E-state index in [4.69, 9.17) is 11.6 Å². The average molecular weight is 387 g/mol. The standard InChI is InChI=1S/C19H15ClN2O3S/c20-15-8-7-13(10-21-15)18-17(19(24)25)14(11-26-18)22-16(23)9-6-12-4-2-1-3-5-12/h1-5,7-8,10-11H,6,9H2,(H,22,23)(H,24,25). The molecule has 132 valence electrons. The highest BCUT2D eigenvalue weighted by atomic mass is 35.5. The van der Waals surface area contributed by atoms with Gasteiger partial charge in [-0.3, -0.25) is 4.79 Å². The van der Waals surface area contributed by atoms with Gasteiger partial charge < -0.3 is 10.4 Å². The van der Waals surface area contributed by atoms with Crippen molar-refractivity contribution in [2.45, 2.75) is 12.8 Å². The molecule has 1 amide bonds. The summed E-state index contributed by atoms with van der Waals surface area (Å²) in [6.07, 6.45) is 2.38. The summed E-state index contributed by atoms with van der Waals surface area (Å²) >= 11 is 7.02. The smallest absolute Gasteiger partial charge is 0.339 e. The number of rotatable bonds is 6. The van der Waals surface area contributed by atoms with E-state index in [1.165, 1.54) is 17.5 Å². The zero-order chi connectivity index (χ0) is 18.5. The van der Waals surface area contributed by atoms with Crippen molar-refractivity contribution in [1.29, 1.82) is 0 Å². The number of carbonyl (C=O) groups is 2. The van der Waals surface area contributed by atoms with Gasteiger partial charge in [-0.25, -0.2) is 9.78 Å². The van der Waals surface area contributed by atoms with Gasteiger partial charge in [-0.1, -0.05) is 41.9 Å². The molecule has 0 unspecified atom stereocenters. The highest BCUT2D eigenvalue weighted by Crippen LogP contribution is 2.36. The number of halogens is 1. The number of aromatic carboxylic acids is 1. The minimum absolute atomic E-state index is 0.0622. The molecule has 0 aliphatic heterocycles. The van der Waals surface area contributed by atoms with Crippen molar-refractivity contribution in [2.24, 2.45) is 0 Å². The fraction of sp³-hybridized carbons (Fsp3) is 0.105. The van der Waals surface area contributed by atoms with Gasteiger partial charge in [0.15, 0.2) is 0 Å². The van der Waals surface area contributed by atoms with Crippen molar-refractivity contribution < 1.29 is 14.7 Å². The van der Waals surface area contributed by atoms with Crippen LogP contribution in [0.2, 0.25) is 5.15 Å². The molecule has 7 heteroatoms. The number of carbonyl (C=O) groups excluding carboxylic acids is 1. The van der Waals surface area contributed by atoms with E-state index in [-0.39, 0.29) is 17.9 Å². The summed E-state index contributed by atoms with van der Waals surface area (Å²) in [5.74, 6) is -1.33. The van der Waals surface area contributed by atoms with Crippen molar-refractivity contribution in [3.63, 3.8) is 0 Å². The highest BCUT2D eigenvalue weighted by Gasteiger charge is 2.21. The monoisotopic (exact) mass is 386 g/mol. The third kappa shape index (κ3) is 4.28. The van der Waals surface area contributed by atoms with Gasteiger partial charge in [-0.2, -0.15) is 0 Å². The third-order valence-corrected chi connectivity index (χ3v) is 5.00. The first-order valence-electron chi connectivity index (χ1n) is 7.85. The Morgan fingerprint density at radius 1 is 1.15 bits per heavy atom. The second kappa shape index (κ2) is 8.12. The van der Waals surface area contributed by atoms with Gasteiger partial charge in [0.05, 0.1) is 10.6 Å². The highest BCUT2D eigenvalue weighted by molar-refractivity contribution is 7.14. The maximum Gasteiger partial charge on any atom is 0.339 e. The quantitative estimate of drug-likeness (QED) is 0.600. The van der Waals surface area contributed by atoms with Crippen LogP contribution in [0.25, 0.3) is 10.4 Å². The Balaban J connectivity index is 1.76. The number of aromatic nitrogens is 1. The minimum atomic E-state index is -1.10. The van der Waals surface area contributed by atoms with Crippen LogP contribution in [-0.2, 0) is 11.2 Å². The van der Waals surface area contributed by atoms with E-state index in [9.17, 15) is 14.7 Å². The SMILES string of the molecule is O=C(CCc1ccccc1)Nc1csc(-c2ccc(Cl)nc2)c1C(=O)O. The number of pyridine rings is 1. The zero-order valence-electron chi connectivity index (χ0n) is 13.6. The number of amides is 1. The molecule has 3 aromatic rings. The van der Waals surface area contributed by atoms with Gasteiger partial charge in [0, 0.05) is 23.6 Å². The number of hydrogen-bond donors (Lipinski definition) is 2. The molecule has 1 aromatic carbocycles. The maximum absolute atomic E-state index is 12.2. The number of aryl methyl sites for hydroxylation is 1. The summed E-state index contributed by atoms with van der Waals surface area (Å²) in [4.78, 5) is 28.4. The van der Waals surface area contributed by atoms with E-state index >= 15 is 0 Å². The normalized spacial score (nSPS) is 10.5. The van der Waals surface area contributed by atoms with Crippen LogP contribution in [-0.4, -0.2) is 22.0 Å². The number of carboxylic acid groups (broad SMARTS) is 1. The first-order valence-corrected chi connectivity index (χ1v) is 9.11. The molecule has 0 radical (unpaired) electrons. The summed E-state index contributed by atoms with van der Waals surface area (Å²) in [6, 6.07) is 13.0. The molecule has 0 bridgehead atoms. The largest absolute Gasteiger partial charge is 0.478 e. The Kier molecular flexibility index (Phi) is 5.65. The second-order valence-electron chi connectivity index (χ2n) is 5.56. The Morgan fingerprint density at radius 2 is 1.92 bits per heavy atom. The van der Waals surface area contributed by atoms with E-state index in [0.717, 1.165) is 5.56 Å². The van der Waals surface area contributed by atoms with E-state index in [1.54, 1.807) is 17.5 Å². The van der Waals surface area contributed by atoms with Crippen LogP contribution in [0.3, 0.4) is 0 Å². The Labute approximate surface area is 159 Å². The lowest BCUT2D eigenvalue weighted by atomic mass is 10.1. The number of benzene rings is 1. The van der Waals surface area contributed by atoms with Gasteiger partial charge >= 0.3 is 5.97 Å². The summed E-state index contributed by atoms with van der Waals surface area (Å²) in [5, 5.41) is 14.3. The number of anilines is 1. The maximum atomic E-state index is 12.2. The van der Waals surface area contributed by atoms with Crippen LogP contribution in [0.5, 0.6) is 0 Å². The Morgan fingerprint density at radius 3 is 2.58 bits per heavy atom. The molecular weight excluding hydrogens is 372 g/mol. The van der Waals surface area contributed by atoms with Crippen molar-refractivity contribution in [2.75, 3.05) is 5.32 Å². The van der Waals surface area contributed by atoms with Gasteiger partial charge in [-0.15, -0.1) is 11.3 Å². The number of thiophene rings is 1. The lowest BCUT2D eigenvalue weighted by molar-refractivity contribution is -0.116. The molecule has 0 aliphatic carbocycles. The first kappa shape index (κ1) is 18.1. The van der Waals surface area contributed by atoms with E-state index < -0.39 is 5.97 Å². The molecule has 2 N–H and O–H groups in total. The van der Waals surface area contributed by atoms with Gasteiger partial charge in [0.1, 0.15) is 10.7 Å². The summed E-state index contributed by atoms with van der Waals surface area (Å²) in [7, 11) is 0. The average Bonchev–Trinajstić information content (AvgIpc) is 3.05. The molecule has 0 atom stereocenters. The summed E-state index contributed by atoms with van der Waals surface area (Å²) < 4.78 is 0. The Hall–Kier alpha value is -2.70. The van der Waals surface area contributed by atoms with Crippen molar-refractivity contribution in [3.05, 3.63) is 70.3 Å². The molecule has 0 fully saturated rings. The second-order valence-corrected chi connectivity index (χ2v) is 6.83. The summed E-state index contributed by atoms with van der Waals surface area (Å²) in [6.45, 7) is 0. The fourth-order valence-corrected chi connectivity index (χ4v) is 3.60. The molecule has 26 heavy (non-hydrogen) atoms. The van der Waals surface area contributed by atoms with E-state index in [2.05, 4.69) is 10.3 Å². The Bertz CT molecular complexity index is 924. The predicted octanol–water partition coefficient (Wildman–Crippen LogP) is 4.73. The topological polar surface area (TPSA) is 79.3 Å². The lowest BCUT2D eigenvalue weighted by Gasteiger charge is -2.06. The zero-order valence-corrected chi connectivity index (χ0v) is 15.2. The third-order valence-electron chi connectivity index (χ3n) is 3.75. The molecule has 2 aromatic heterocycles. The van der Waals surface area contributed by atoms with Gasteiger partial charge in [0.25, 0.3) is 0 Å².